The van der Waals surface area contributed by atoms with Crippen molar-refractivity contribution in [2.75, 3.05) is 11.9 Å². The lowest BCUT2D eigenvalue weighted by Gasteiger charge is -2.08. The molecular formula is C20H22FNO3S. The van der Waals surface area contributed by atoms with Gasteiger partial charge in [0.25, 0.3) is 0 Å². The van der Waals surface area contributed by atoms with Crippen molar-refractivity contribution in [1.82, 2.24) is 0 Å². The van der Waals surface area contributed by atoms with E-state index in [0.29, 0.717) is 17.2 Å². The van der Waals surface area contributed by atoms with Crippen LogP contribution in [0.2, 0.25) is 0 Å². The minimum absolute atomic E-state index is 0.130. The zero-order chi connectivity index (χ0) is 18.5. The van der Waals surface area contributed by atoms with Gasteiger partial charge in [-0.3, -0.25) is 4.79 Å². The monoisotopic (exact) mass is 375 g/mol. The van der Waals surface area contributed by atoms with Crippen molar-refractivity contribution in [3.63, 3.8) is 0 Å². The maximum absolute atomic E-state index is 13.0. The predicted molar refractivity (Wildman–Crippen MR) is 100 cm³/mol. The van der Waals surface area contributed by atoms with E-state index in [2.05, 4.69) is 5.32 Å². The van der Waals surface area contributed by atoms with E-state index in [0.717, 1.165) is 43.2 Å². The third-order valence-electron chi connectivity index (χ3n) is 4.43. The van der Waals surface area contributed by atoms with Gasteiger partial charge in [0.2, 0.25) is 5.91 Å². The number of thiophene rings is 1. The molecule has 0 spiro atoms. The Kier molecular flexibility index (Phi) is 6.04. The fourth-order valence-electron chi connectivity index (χ4n) is 3.21. The largest absolute Gasteiger partial charge is 0.462 e. The topological polar surface area (TPSA) is 55.4 Å². The van der Waals surface area contributed by atoms with Crippen LogP contribution in [0.3, 0.4) is 0 Å². The second kappa shape index (κ2) is 8.45. The fourth-order valence-corrected chi connectivity index (χ4v) is 4.50. The van der Waals surface area contributed by atoms with Gasteiger partial charge in [-0.25, -0.2) is 9.18 Å². The smallest absolute Gasteiger partial charge is 0.341 e. The first-order valence-electron chi connectivity index (χ1n) is 8.94. The van der Waals surface area contributed by atoms with Crippen LogP contribution in [0.1, 0.15) is 52.5 Å². The Morgan fingerprint density at radius 2 is 1.88 bits per heavy atom. The van der Waals surface area contributed by atoms with Crippen molar-refractivity contribution in [2.45, 2.75) is 45.4 Å². The summed E-state index contributed by atoms with van der Waals surface area (Å²) in [6, 6.07) is 5.84. The maximum atomic E-state index is 13.0. The highest BCUT2D eigenvalue weighted by Gasteiger charge is 2.26. The third-order valence-corrected chi connectivity index (χ3v) is 5.64. The molecule has 0 radical (unpaired) electrons. The summed E-state index contributed by atoms with van der Waals surface area (Å²) >= 11 is 1.48. The summed E-state index contributed by atoms with van der Waals surface area (Å²) in [5, 5.41) is 3.45. The molecule has 1 aromatic carbocycles. The Balaban J connectivity index is 1.82. The van der Waals surface area contributed by atoms with Gasteiger partial charge < -0.3 is 10.1 Å². The lowest BCUT2D eigenvalue weighted by molar-refractivity contribution is -0.115. The first-order chi connectivity index (χ1) is 12.6. The number of carbonyl (C=O) groups excluding carboxylic acids is 2. The van der Waals surface area contributed by atoms with Gasteiger partial charge in [0, 0.05) is 4.88 Å². The van der Waals surface area contributed by atoms with Crippen molar-refractivity contribution >= 4 is 28.2 Å². The standard InChI is InChI=1S/C20H22FNO3S/c1-2-25-20(24)18-15-6-4-3-5-7-16(15)26-19(18)22-17(23)12-13-8-10-14(21)11-9-13/h8-11H,2-7,12H2,1H3,(H,22,23). The molecule has 0 saturated carbocycles. The molecule has 3 rings (SSSR count). The molecule has 138 valence electrons. The Labute approximate surface area is 156 Å². The van der Waals surface area contributed by atoms with Gasteiger partial charge in [-0.1, -0.05) is 18.6 Å². The highest BCUT2D eigenvalue weighted by atomic mass is 32.1. The first-order valence-corrected chi connectivity index (χ1v) is 9.76. The normalized spacial score (nSPS) is 13.6. The molecule has 0 atom stereocenters. The van der Waals surface area contributed by atoms with Crippen molar-refractivity contribution in [2.24, 2.45) is 0 Å². The number of halogens is 1. The maximum Gasteiger partial charge on any atom is 0.341 e. The molecule has 0 aliphatic heterocycles. The molecule has 26 heavy (non-hydrogen) atoms. The van der Waals surface area contributed by atoms with Crippen LogP contribution < -0.4 is 5.32 Å². The number of anilines is 1. The molecule has 6 heteroatoms. The second-order valence-corrected chi connectivity index (χ2v) is 7.45. The molecule has 0 unspecified atom stereocenters. The summed E-state index contributed by atoms with van der Waals surface area (Å²) in [5.74, 6) is -0.927. The number of hydrogen-bond acceptors (Lipinski definition) is 4. The number of nitrogens with one attached hydrogen (secondary N) is 1. The number of aryl methyl sites for hydroxylation is 1. The number of ether oxygens (including phenoxy) is 1. The minimum Gasteiger partial charge on any atom is -0.462 e. The van der Waals surface area contributed by atoms with Gasteiger partial charge in [-0.2, -0.15) is 0 Å². The van der Waals surface area contributed by atoms with Gasteiger partial charge >= 0.3 is 5.97 Å². The zero-order valence-corrected chi connectivity index (χ0v) is 15.6. The van der Waals surface area contributed by atoms with E-state index >= 15 is 0 Å². The van der Waals surface area contributed by atoms with E-state index in [9.17, 15) is 14.0 Å². The lowest BCUT2D eigenvalue weighted by Crippen LogP contribution is -2.17. The first kappa shape index (κ1) is 18.6. The van der Waals surface area contributed by atoms with Crippen LogP contribution >= 0.6 is 11.3 Å². The van der Waals surface area contributed by atoms with E-state index in [-0.39, 0.29) is 24.1 Å². The fraction of sp³-hybridized carbons (Fsp3) is 0.400. The van der Waals surface area contributed by atoms with Gasteiger partial charge in [0.15, 0.2) is 0 Å². The van der Waals surface area contributed by atoms with E-state index in [1.54, 1.807) is 19.1 Å². The summed E-state index contributed by atoms with van der Waals surface area (Å²) in [4.78, 5) is 26.1. The number of benzene rings is 1. The number of amides is 1. The van der Waals surface area contributed by atoms with Crippen LogP contribution in [0.5, 0.6) is 0 Å². The highest BCUT2D eigenvalue weighted by Crippen LogP contribution is 2.38. The average molecular weight is 375 g/mol. The molecule has 1 heterocycles. The second-order valence-electron chi connectivity index (χ2n) is 6.34. The predicted octanol–water partition coefficient (Wildman–Crippen LogP) is 4.51. The lowest BCUT2D eigenvalue weighted by atomic mass is 10.1. The van der Waals surface area contributed by atoms with E-state index in [4.69, 9.17) is 4.74 Å². The van der Waals surface area contributed by atoms with Crippen molar-refractivity contribution in [1.29, 1.82) is 0 Å². The Hall–Kier alpha value is -2.21. The number of esters is 1. The molecule has 4 nitrogen and oxygen atoms in total. The number of fused-ring (bicyclic) bond motifs is 1. The highest BCUT2D eigenvalue weighted by molar-refractivity contribution is 7.17. The van der Waals surface area contributed by atoms with Gasteiger partial charge in [0.05, 0.1) is 18.6 Å². The average Bonchev–Trinajstić information content (AvgIpc) is 2.78. The van der Waals surface area contributed by atoms with Crippen LogP contribution in [0.25, 0.3) is 0 Å². The van der Waals surface area contributed by atoms with Crippen LogP contribution in [0, 0.1) is 5.82 Å². The molecule has 1 amide bonds. The summed E-state index contributed by atoms with van der Waals surface area (Å²) in [6.45, 7) is 2.07. The molecule has 0 fully saturated rings. The summed E-state index contributed by atoms with van der Waals surface area (Å²) in [6.07, 6.45) is 5.19. The quantitative estimate of drug-likeness (QED) is 0.618. The molecular weight excluding hydrogens is 353 g/mol. The molecule has 0 bridgehead atoms. The van der Waals surface area contributed by atoms with Crippen LogP contribution in [0.4, 0.5) is 9.39 Å². The molecule has 1 aliphatic rings. The molecule has 1 aliphatic carbocycles. The number of hydrogen-bond donors (Lipinski definition) is 1. The van der Waals surface area contributed by atoms with Crippen molar-refractivity contribution in [3.05, 3.63) is 51.7 Å². The van der Waals surface area contributed by atoms with Crippen LogP contribution in [-0.4, -0.2) is 18.5 Å². The van der Waals surface area contributed by atoms with Gasteiger partial charge in [-0.15, -0.1) is 11.3 Å². The third kappa shape index (κ3) is 4.30. The van der Waals surface area contributed by atoms with Gasteiger partial charge in [0.1, 0.15) is 10.8 Å². The Morgan fingerprint density at radius 3 is 2.62 bits per heavy atom. The summed E-state index contributed by atoms with van der Waals surface area (Å²) in [7, 11) is 0. The van der Waals surface area contributed by atoms with E-state index in [1.165, 1.54) is 28.3 Å². The minimum atomic E-state index is -0.371. The van der Waals surface area contributed by atoms with Crippen molar-refractivity contribution < 1.29 is 18.7 Å². The van der Waals surface area contributed by atoms with Crippen LogP contribution in [-0.2, 0) is 28.8 Å². The molecule has 1 aromatic heterocycles. The van der Waals surface area contributed by atoms with E-state index in [1.807, 2.05) is 0 Å². The van der Waals surface area contributed by atoms with Crippen LogP contribution in [0.15, 0.2) is 24.3 Å². The van der Waals surface area contributed by atoms with Gasteiger partial charge in [-0.05, 0) is 55.9 Å². The Bertz CT molecular complexity index is 798. The Morgan fingerprint density at radius 1 is 1.15 bits per heavy atom. The molecule has 0 saturated heterocycles. The SMILES string of the molecule is CCOC(=O)c1c(NC(=O)Cc2ccc(F)cc2)sc2c1CCCCC2. The summed E-state index contributed by atoms with van der Waals surface area (Å²) in [5.41, 5.74) is 2.27. The van der Waals surface area contributed by atoms with E-state index < -0.39 is 0 Å². The number of carbonyl (C=O) groups is 2. The zero-order valence-electron chi connectivity index (χ0n) is 14.8. The summed E-state index contributed by atoms with van der Waals surface area (Å²) < 4.78 is 18.2. The number of rotatable bonds is 5. The van der Waals surface area contributed by atoms with Crippen molar-refractivity contribution in [3.8, 4) is 0 Å². The molecule has 2 aromatic rings. The molecule has 1 N–H and O–H groups in total.